The van der Waals surface area contributed by atoms with Gasteiger partial charge in [0.1, 0.15) is 16.8 Å². The normalized spacial score (nSPS) is 20.8. The lowest BCUT2D eigenvalue weighted by molar-refractivity contribution is 0.520. The molecule has 0 bridgehead atoms. The molecule has 3 rings (SSSR count). The highest BCUT2D eigenvalue weighted by molar-refractivity contribution is 6.30. The third-order valence-corrected chi connectivity index (χ3v) is 4.75. The molecule has 0 unspecified atom stereocenters. The molecular weight excluding hydrogens is 246 g/mol. The maximum absolute atomic E-state index is 6.20. The van der Waals surface area contributed by atoms with Crippen LogP contribution in [0.25, 0.3) is 0 Å². The van der Waals surface area contributed by atoms with Gasteiger partial charge >= 0.3 is 0 Å². The van der Waals surface area contributed by atoms with Crippen molar-refractivity contribution >= 4 is 17.4 Å². The van der Waals surface area contributed by atoms with Crippen LogP contribution in [0.5, 0.6) is 0 Å². The van der Waals surface area contributed by atoms with Crippen LogP contribution in [0.4, 0.5) is 5.82 Å². The quantitative estimate of drug-likeness (QED) is 0.820. The van der Waals surface area contributed by atoms with Gasteiger partial charge in [0, 0.05) is 18.0 Å². The molecule has 1 N–H and O–H groups in total. The van der Waals surface area contributed by atoms with Gasteiger partial charge in [0.15, 0.2) is 0 Å². The van der Waals surface area contributed by atoms with E-state index in [1.807, 2.05) is 6.92 Å². The molecule has 0 radical (unpaired) electrons. The SMILES string of the molecule is CCC1(CNc2nc(C3CC3)nc(Cl)c2C)CC1. The minimum Gasteiger partial charge on any atom is -0.369 e. The lowest BCUT2D eigenvalue weighted by Gasteiger charge is -2.16. The van der Waals surface area contributed by atoms with Crippen molar-refractivity contribution in [2.75, 3.05) is 11.9 Å². The summed E-state index contributed by atoms with van der Waals surface area (Å²) in [5.41, 5.74) is 1.50. The molecule has 2 fully saturated rings. The highest BCUT2D eigenvalue weighted by atomic mass is 35.5. The maximum Gasteiger partial charge on any atom is 0.137 e. The monoisotopic (exact) mass is 265 g/mol. The van der Waals surface area contributed by atoms with E-state index in [-0.39, 0.29) is 0 Å². The van der Waals surface area contributed by atoms with Crippen LogP contribution >= 0.6 is 11.6 Å². The first-order chi connectivity index (χ1) is 8.63. The van der Waals surface area contributed by atoms with Crippen molar-refractivity contribution in [3.63, 3.8) is 0 Å². The van der Waals surface area contributed by atoms with Crippen molar-refractivity contribution in [3.8, 4) is 0 Å². The van der Waals surface area contributed by atoms with E-state index in [0.717, 1.165) is 23.8 Å². The molecule has 0 atom stereocenters. The zero-order valence-electron chi connectivity index (χ0n) is 11.1. The first kappa shape index (κ1) is 12.2. The minimum atomic E-state index is 0.517. The van der Waals surface area contributed by atoms with E-state index in [1.165, 1.54) is 32.1 Å². The molecule has 3 nitrogen and oxygen atoms in total. The molecule has 4 heteroatoms. The third-order valence-electron chi connectivity index (χ3n) is 4.38. The Labute approximate surface area is 113 Å². The van der Waals surface area contributed by atoms with Crippen molar-refractivity contribution in [1.82, 2.24) is 9.97 Å². The number of hydrogen-bond acceptors (Lipinski definition) is 3. The Hall–Kier alpha value is -0.830. The maximum atomic E-state index is 6.20. The molecule has 2 aliphatic rings. The van der Waals surface area contributed by atoms with Crippen LogP contribution < -0.4 is 5.32 Å². The second kappa shape index (κ2) is 4.37. The molecule has 0 saturated heterocycles. The zero-order valence-corrected chi connectivity index (χ0v) is 11.8. The van der Waals surface area contributed by atoms with Crippen LogP contribution in [0.15, 0.2) is 0 Å². The van der Waals surface area contributed by atoms with Crippen LogP contribution in [-0.2, 0) is 0 Å². The minimum absolute atomic E-state index is 0.517. The summed E-state index contributed by atoms with van der Waals surface area (Å²) in [6, 6.07) is 0. The second-order valence-corrected chi connectivity index (χ2v) is 6.19. The molecule has 18 heavy (non-hydrogen) atoms. The molecule has 0 aliphatic heterocycles. The Balaban J connectivity index is 1.77. The van der Waals surface area contributed by atoms with Gasteiger partial charge in [0.25, 0.3) is 0 Å². The van der Waals surface area contributed by atoms with Gasteiger partial charge in [-0.2, -0.15) is 0 Å². The van der Waals surface area contributed by atoms with E-state index in [1.54, 1.807) is 0 Å². The highest BCUT2D eigenvalue weighted by Gasteiger charge is 2.40. The summed E-state index contributed by atoms with van der Waals surface area (Å²) >= 11 is 6.20. The first-order valence-electron chi connectivity index (χ1n) is 6.91. The standard InChI is InChI=1S/C14H20ClN3/c1-3-14(6-7-14)8-16-12-9(2)11(15)17-13(18-12)10-4-5-10/h10H,3-8H2,1-2H3,(H,16,17,18). The van der Waals surface area contributed by atoms with E-state index >= 15 is 0 Å². The van der Waals surface area contributed by atoms with Gasteiger partial charge in [0.2, 0.25) is 0 Å². The molecule has 0 spiro atoms. The summed E-state index contributed by atoms with van der Waals surface area (Å²) < 4.78 is 0. The summed E-state index contributed by atoms with van der Waals surface area (Å²) in [5.74, 6) is 2.41. The second-order valence-electron chi connectivity index (χ2n) is 5.83. The number of rotatable bonds is 5. The van der Waals surface area contributed by atoms with Crippen molar-refractivity contribution in [3.05, 3.63) is 16.5 Å². The van der Waals surface area contributed by atoms with E-state index in [0.29, 0.717) is 16.5 Å². The van der Waals surface area contributed by atoms with Crippen molar-refractivity contribution in [2.45, 2.75) is 51.9 Å². The van der Waals surface area contributed by atoms with Crippen LogP contribution in [0.3, 0.4) is 0 Å². The predicted molar refractivity (Wildman–Crippen MR) is 74.2 cm³/mol. The number of aromatic nitrogens is 2. The number of nitrogens with one attached hydrogen (secondary N) is 1. The summed E-state index contributed by atoms with van der Waals surface area (Å²) in [6.07, 6.45) is 6.33. The number of halogens is 1. The zero-order chi connectivity index (χ0) is 12.8. The largest absolute Gasteiger partial charge is 0.369 e. The van der Waals surface area contributed by atoms with E-state index in [4.69, 9.17) is 11.6 Å². The Morgan fingerprint density at radius 1 is 1.33 bits per heavy atom. The lowest BCUT2D eigenvalue weighted by Crippen LogP contribution is -2.16. The summed E-state index contributed by atoms with van der Waals surface area (Å²) in [6.45, 7) is 5.28. The van der Waals surface area contributed by atoms with Crippen LogP contribution in [0.1, 0.15) is 56.3 Å². The van der Waals surface area contributed by atoms with Gasteiger partial charge in [-0.3, -0.25) is 0 Å². The smallest absolute Gasteiger partial charge is 0.137 e. The number of nitrogens with zero attached hydrogens (tertiary/aromatic N) is 2. The Morgan fingerprint density at radius 2 is 2.06 bits per heavy atom. The summed E-state index contributed by atoms with van der Waals surface area (Å²) in [4.78, 5) is 9.04. The average Bonchev–Trinajstić information content (AvgIpc) is 3.26. The topological polar surface area (TPSA) is 37.8 Å². The van der Waals surface area contributed by atoms with Crippen LogP contribution in [-0.4, -0.2) is 16.5 Å². The fourth-order valence-electron chi connectivity index (χ4n) is 2.31. The Bertz CT molecular complexity index is 464. The van der Waals surface area contributed by atoms with E-state index < -0.39 is 0 Å². The number of anilines is 1. The van der Waals surface area contributed by atoms with Gasteiger partial charge in [0.05, 0.1) is 0 Å². The Kier molecular flexibility index (Phi) is 2.97. The average molecular weight is 266 g/mol. The fraction of sp³-hybridized carbons (Fsp3) is 0.714. The molecule has 1 heterocycles. The lowest BCUT2D eigenvalue weighted by atomic mass is 10.0. The van der Waals surface area contributed by atoms with E-state index in [2.05, 4.69) is 22.2 Å². The molecule has 2 saturated carbocycles. The highest BCUT2D eigenvalue weighted by Crippen LogP contribution is 2.48. The van der Waals surface area contributed by atoms with Gasteiger partial charge < -0.3 is 5.32 Å². The predicted octanol–water partition coefficient (Wildman–Crippen LogP) is 3.92. The van der Waals surface area contributed by atoms with Crippen molar-refractivity contribution in [2.24, 2.45) is 5.41 Å². The van der Waals surface area contributed by atoms with Crippen molar-refractivity contribution < 1.29 is 0 Å². The fourth-order valence-corrected chi connectivity index (χ4v) is 2.48. The van der Waals surface area contributed by atoms with Gasteiger partial charge in [-0.05, 0) is 44.4 Å². The van der Waals surface area contributed by atoms with Crippen LogP contribution in [0.2, 0.25) is 5.15 Å². The van der Waals surface area contributed by atoms with Gasteiger partial charge in [-0.15, -0.1) is 0 Å². The molecule has 0 aromatic carbocycles. The first-order valence-corrected chi connectivity index (χ1v) is 7.29. The molecule has 1 aromatic rings. The van der Waals surface area contributed by atoms with Crippen molar-refractivity contribution in [1.29, 1.82) is 0 Å². The molecular formula is C14H20ClN3. The Morgan fingerprint density at radius 3 is 2.61 bits per heavy atom. The van der Waals surface area contributed by atoms with E-state index in [9.17, 15) is 0 Å². The van der Waals surface area contributed by atoms with Gasteiger partial charge in [-0.1, -0.05) is 18.5 Å². The number of hydrogen-bond donors (Lipinski definition) is 1. The van der Waals surface area contributed by atoms with Crippen LogP contribution in [0, 0.1) is 12.3 Å². The molecule has 1 aromatic heterocycles. The molecule has 0 amide bonds. The molecule has 2 aliphatic carbocycles. The summed E-state index contributed by atoms with van der Waals surface area (Å²) in [5, 5.41) is 4.10. The summed E-state index contributed by atoms with van der Waals surface area (Å²) in [7, 11) is 0. The molecule has 98 valence electrons. The third kappa shape index (κ3) is 2.33. The van der Waals surface area contributed by atoms with Gasteiger partial charge in [-0.25, -0.2) is 9.97 Å².